The van der Waals surface area contributed by atoms with Crippen molar-refractivity contribution in [3.8, 4) is 0 Å². The minimum absolute atomic E-state index is 0.0211. The van der Waals surface area contributed by atoms with Gasteiger partial charge in [-0.25, -0.2) is 13.8 Å². The van der Waals surface area contributed by atoms with E-state index in [0.717, 1.165) is 65.6 Å². The van der Waals surface area contributed by atoms with E-state index < -0.39 is 5.92 Å². The molecule has 1 aliphatic heterocycles. The lowest BCUT2D eigenvalue weighted by molar-refractivity contribution is 0.0174. The summed E-state index contributed by atoms with van der Waals surface area (Å²) in [6.45, 7) is 11.3. The number of aromatic nitrogens is 2. The van der Waals surface area contributed by atoms with Gasteiger partial charge in [0.05, 0.1) is 11.0 Å². The Hall–Kier alpha value is -4.06. The molecule has 4 nitrogen and oxygen atoms in total. The minimum Gasteiger partial charge on any atom is -0.339 e. The fraction of sp³-hybridized carbons (Fsp3) is 0.368. The largest absolute Gasteiger partial charge is 0.339 e. The van der Waals surface area contributed by atoms with Crippen LogP contribution in [0, 0.1) is 12.8 Å². The van der Waals surface area contributed by atoms with Gasteiger partial charge in [0.15, 0.2) is 0 Å². The molecule has 0 bridgehead atoms. The zero-order chi connectivity index (χ0) is 31.0. The summed E-state index contributed by atoms with van der Waals surface area (Å²) in [5.41, 5.74) is 7.34. The number of fused-ring (bicyclic) bond motifs is 1. The standard InChI is InChI=1S/C38H41F2N3O/c1-25(2)12-16-33(29-8-7-9-31(23-29)38(4,39)40)32-17-15-30(22-26(32)3)37(44)42-20-18-28(19-21-42)36-41-34-10-5-6-11-35(34)43(36)24-27-13-14-27/h5-11,15-17,22-23,27-28H,1,12-14,18-21,24H2,2-4H3/b33-16-. The third kappa shape index (κ3) is 6.40. The number of benzene rings is 3. The lowest BCUT2D eigenvalue weighted by atomic mass is 9.90. The summed E-state index contributed by atoms with van der Waals surface area (Å²) in [4.78, 5) is 20.7. The number of carbonyl (C=O) groups is 1. The predicted molar refractivity (Wildman–Crippen MR) is 174 cm³/mol. The average molecular weight is 594 g/mol. The molecule has 2 fully saturated rings. The topological polar surface area (TPSA) is 38.1 Å². The van der Waals surface area contributed by atoms with Gasteiger partial charge >= 0.3 is 0 Å². The second-order valence-corrected chi connectivity index (χ2v) is 12.9. The number of para-hydroxylation sites is 2. The quantitative estimate of drug-likeness (QED) is 0.181. The fourth-order valence-corrected chi connectivity index (χ4v) is 6.40. The van der Waals surface area contributed by atoms with Crippen LogP contribution in [0.2, 0.25) is 0 Å². The molecule has 0 spiro atoms. The van der Waals surface area contributed by atoms with Crippen LogP contribution in [-0.2, 0) is 12.5 Å². The second kappa shape index (κ2) is 12.1. The monoisotopic (exact) mass is 593 g/mol. The van der Waals surface area contributed by atoms with Gasteiger partial charge in [0.2, 0.25) is 0 Å². The molecule has 1 amide bonds. The first-order valence-corrected chi connectivity index (χ1v) is 15.8. The van der Waals surface area contributed by atoms with Gasteiger partial charge in [-0.3, -0.25) is 4.79 Å². The van der Waals surface area contributed by atoms with Crippen molar-refractivity contribution in [2.75, 3.05) is 13.1 Å². The Morgan fingerprint density at radius 3 is 2.43 bits per heavy atom. The molecular weight excluding hydrogens is 552 g/mol. The molecule has 6 heteroatoms. The number of alkyl halides is 2. The summed E-state index contributed by atoms with van der Waals surface area (Å²) < 4.78 is 30.8. The second-order valence-electron chi connectivity index (χ2n) is 12.9. The maximum atomic E-state index is 14.2. The number of nitrogens with zero attached hydrogens (tertiary/aromatic N) is 3. The van der Waals surface area contributed by atoms with Gasteiger partial charge in [0.25, 0.3) is 11.8 Å². The highest BCUT2D eigenvalue weighted by atomic mass is 19.3. The number of amides is 1. The molecule has 1 saturated carbocycles. The third-order valence-electron chi connectivity index (χ3n) is 9.07. The van der Waals surface area contributed by atoms with E-state index >= 15 is 0 Å². The Balaban J connectivity index is 1.20. The summed E-state index contributed by atoms with van der Waals surface area (Å²) in [6.07, 6.45) is 7.05. The molecule has 0 unspecified atom stereocenters. The van der Waals surface area contributed by atoms with Crippen LogP contribution in [-0.4, -0.2) is 33.4 Å². The molecule has 228 valence electrons. The summed E-state index contributed by atoms with van der Waals surface area (Å²) in [7, 11) is 0. The highest BCUT2D eigenvalue weighted by Gasteiger charge is 2.31. The van der Waals surface area contributed by atoms with Gasteiger partial charge in [-0.2, -0.15) is 0 Å². The van der Waals surface area contributed by atoms with E-state index in [-0.39, 0.29) is 11.5 Å². The molecule has 1 aliphatic carbocycles. The van der Waals surface area contributed by atoms with Crippen LogP contribution in [0.5, 0.6) is 0 Å². The van der Waals surface area contributed by atoms with Crippen molar-refractivity contribution < 1.29 is 13.6 Å². The molecule has 0 atom stereocenters. The number of rotatable bonds is 9. The number of hydrogen-bond acceptors (Lipinski definition) is 2. The zero-order valence-electron chi connectivity index (χ0n) is 26.0. The van der Waals surface area contributed by atoms with Crippen LogP contribution in [0.15, 0.2) is 85.0 Å². The normalized spacial score (nSPS) is 16.5. The van der Waals surface area contributed by atoms with Crippen LogP contribution in [0.1, 0.15) is 90.3 Å². The Morgan fingerprint density at radius 2 is 1.75 bits per heavy atom. The lowest BCUT2D eigenvalue weighted by Gasteiger charge is -2.32. The number of carbonyl (C=O) groups excluding carboxylic acids is 1. The SMILES string of the molecule is C=C(C)C/C=C(/c1cccc(C(C)(F)F)c1)c1ccc(C(=O)N2CCC(c3nc4ccccc4n3CC3CC3)CC2)cc1C. The van der Waals surface area contributed by atoms with E-state index in [1.54, 1.807) is 12.1 Å². The van der Waals surface area contributed by atoms with E-state index in [9.17, 15) is 13.6 Å². The van der Waals surface area contributed by atoms with Gasteiger partial charge in [0, 0.05) is 43.6 Å². The van der Waals surface area contributed by atoms with Crippen molar-refractivity contribution in [2.24, 2.45) is 5.92 Å². The van der Waals surface area contributed by atoms with Crippen LogP contribution in [0.25, 0.3) is 16.6 Å². The smallest absolute Gasteiger partial charge is 0.270 e. The van der Waals surface area contributed by atoms with Crippen molar-refractivity contribution in [3.05, 3.63) is 119 Å². The number of halogens is 2. The van der Waals surface area contributed by atoms with Crippen molar-refractivity contribution in [1.82, 2.24) is 14.5 Å². The van der Waals surface area contributed by atoms with E-state index in [1.165, 1.54) is 30.2 Å². The van der Waals surface area contributed by atoms with Crippen LogP contribution in [0.3, 0.4) is 0 Å². The number of hydrogen-bond donors (Lipinski definition) is 0. The van der Waals surface area contributed by atoms with Crippen molar-refractivity contribution in [1.29, 1.82) is 0 Å². The highest BCUT2D eigenvalue weighted by Crippen LogP contribution is 2.37. The van der Waals surface area contributed by atoms with Gasteiger partial charge in [0.1, 0.15) is 5.82 Å². The molecular formula is C38H41F2N3O. The maximum absolute atomic E-state index is 14.2. The Labute approximate surface area is 259 Å². The first-order chi connectivity index (χ1) is 21.1. The summed E-state index contributed by atoms with van der Waals surface area (Å²) in [5.74, 6) is -0.638. The molecule has 6 rings (SSSR count). The van der Waals surface area contributed by atoms with Gasteiger partial charge in [-0.1, -0.05) is 54.6 Å². The molecule has 44 heavy (non-hydrogen) atoms. The Morgan fingerprint density at radius 1 is 1.00 bits per heavy atom. The number of piperidine rings is 1. The maximum Gasteiger partial charge on any atom is 0.270 e. The third-order valence-corrected chi connectivity index (χ3v) is 9.07. The van der Waals surface area contributed by atoms with Gasteiger partial charge in [-0.15, -0.1) is 0 Å². The van der Waals surface area contributed by atoms with Crippen LogP contribution >= 0.6 is 0 Å². The molecule has 2 aliphatic rings. The molecule has 1 saturated heterocycles. The van der Waals surface area contributed by atoms with Crippen molar-refractivity contribution >= 4 is 22.5 Å². The zero-order valence-corrected chi connectivity index (χ0v) is 26.0. The lowest BCUT2D eigenvalue weighted by Crippen LogP contribution is -2.38. The predicted octanol–water partition coefficient (Wildman–Crippen LogP) is 9.28. The fourth-order valence-electron chi connectivity index (χ4n) is 6.40. The Kier molecular flexibility index (Phi) is 8.28. The van der Waals surface area contributed by atoms with Gasteiger partial charge < -0.3 is 9.47 Å². The molecule has 0 N–H and O–H groups in total. The number of allylic oxidation sites excluding steroid dienone is 2. The first kappa shape index (κ1) is 30.0. The van der Waals surface area contributed by atoms with E-state index in [2.05, 4.69) is 35.4 Å². The summed E-state index contributed by atoms with van der Waals surface area (Å²) >= 11 is 0. The minimum atomic E-state index is -2.93. The number of imidazole rings is 1. The molecule has 0 radical (unpaired) electrons. The van der Waals surface area contributed by atoms with E-state index in [1.807, 2.05) is 49.1 Å². The average Bonchev–Trinajstić information content (AvgIpc) is 3.76. The van der Waals surface area contributed by atoms with Gasteiger partial charge in [-0.05, 0) is 104 Å². The number of aryl methyl sites for hydroxylation is 1. The van der Waals surface area contributed by atoms with E-state index in [4.69, 9.17) is 4.98 Å². The Bertz CT molecular complexity index is 1730. The highest BCUT2D eigenvalue weighted by molar-refractivity contribution is 5.95. The van der Waals surface area contributed by atoms with Crippen molar-refractivity contribution in [3.63, 3.8) is 0 Å². The van der Waals surface area contributed by atoms with E-state index in [0.29, 0.717) is 31.0 Å². The van der Waals surface area contributed by atoms with Crippen molar-refractivity contribution in [2.45, 2.75) is 71.3 Å². The molecule has 1 aromatic heterocycles. The van der Waals surface area contributed by atoms with Crippen LogP contribution in [0.4, 0.5) is 8.78 Å². The molecule has 2 heterocycles. The summed E-state index contributed by atoms with van der Waals surface area (Å²) in [6, 6.07) is 20.7. The van der Waals surface area contributed by atoms with Crippen LogP contribution < -0.4 is 0 Å². The molecule has 3 aromatic carbocycles. The number of likely N-dealkylation sites (tertiary alicyclic amines) is 1. The molecule has 4 aromatic rings. The first-order valence-electron chi connectivity index (χ1n) is 15.8. The summed E-state index contributed by atoms with van der Waals surface area (Å²) in [5, 5.41) is 0.